The Balaban J connectivity index is 1.51. The number of benzene rings is 3. The highest BCUT2D eigenvalue weighted by molar-refractivity contribution is 6.30. The van der Waals surface area contributed by atoms with Crippen LogP contribution in [0, 0.1) is 0 Å². The highest BCUT2D eigenvalue weighted by Crippen LogP contribution is 2.49. The Kier molecular flexibility index (Phi) is 5.04. The van der Waals surface area contributed by atoms with Gasteiger partial charge in [0.2, 0.25) is 12.5 Å². The fourth-order valence-corrected chi connectivity index (χ4v) is 4.63. The van der Waals surface area contributed by atoms with Crippen LogP contribution < -0.4 is 29.9 Å². The number of ether oxygens (including phenoxy) is 4. The Bertz CT molecular complexity index is 1530. The number of methoxy groups -OCH3 is 1. The van der Waals surface area contributed by atoms with Crippen molar-refractivity contribution >= 4 is 34.2 Å². The fourth-order valence-electron chi connectivity index (χ4n) is 4.50. The maximum atomic E-state index is 13.5. The monoisotopic (exact) mass is 491 g/mol. The molecule has 0 bridgehead atoms. The minimum atomic E-state index is -1.07. The Hall–Kier alpha value is -4.17. The second kappa shape index (κ2) is 8.25. The molecule has 35 heavy (non-hydrogen) atoms. The molecule has 2 aliphatic rings. The van der Waals surface area contributed by atoms with Gasteiger partial charge < -0.3 is 28.7 Å². The molecule has 9 heteroatoms. The minimum Gasteiger partial charge on any atom is -0.493 e. The molecule has 0 fully saturated rings. The van der Waals surface area contributed by atoms with E-state index in [0.717, 1.165) is 0 Å². The van der Waals surface area contributed by atoms with E-state index in [1.54, 1.807) is 54.6 Å². The predicted octanol–water partition coefficient (Wildman–Crippen LogP) is 4.72. The van der Waals surface area contributed by atoms with E-state index in [-0.39, 0.29) is 12.4 Å². The van der Waals surface area contributed by atoms with E-state index in [4.69, 9.17) is 35.0 Å². The van der Waals surface area contributed by atoms with E-state index < -0.39 is 23.6 Å². The Labute approximate surface area is 203 Å². The van der Waals surface area contributed by atoms with Gasteiger partial charge >= 0.3 is 5.63 Å². The molecule has 1 amide bonds. The first kappa shape index (κ1) is 21.4. The van der Waals surface area contributed by atoms with Crippen LogP contribution in [-0.2, 0) is 4.79 Å². The molecule has 0 aliphatic carbocycles. The summed E-state index contributed by atoms with van der Waals surface area (Å²) >= 11 is 5.97. The molecule has 0 saturated carbocycles. The predicted molar refractivity (Wildman–Crippen MR) is 128 cm³/mol. The van der Waals surface area contributed by atoms with Crippen molar-refractivity contribution in [3.63, 3.8) is 0 Å². The maximum Gasteiger partial charge on any atom is 0.344 e. The summed E-state index contributed by atoms with van der Waals surface area (Å²) in [5.74, 6) is 0.424. The number of carbonyl (C=O) groups is 1. The van der Waals surface area contributed by atoms with Gasteiger partial charge in [0, 0.05) is 10.7 Å². The normalized spacial score (nSPS) is 17.7. The number of fused-ring (bicyclic) bond motifs is 4. The summed E-state index contributed by atoms with van der Waals surface area (Å²) in [5.41, 5.74) is 1.17. The largest absolute Gasteiger partial charge is 0.493 e. The Morgan fingerprint density at radius 1 is 1.06 bits per heavy atom. The Morgan fingerprint density at radius 3 is 2.66 bits per heavy atom. The van der Waals surface area contributed by atoms with E-state index in [1.165, 1.54) is 7.11 Å². The molecule has 2 aliphatic heterocycles. The van der Waals surface area contributed by atoms with Gasteiger partial charge in [-0.15, -0.1) is 0 Å². The van der Waals surface area contributed by atoms with Crippen LogP contribution in [0.1, 0.15) is 17.0 Å². The van der Waals surface area contributed by atoms with Crippen LogP contribution in [0.4, 0.5) is 5.69 Å². The molecule has 1 N–H and O–H groups in total. The van der Waals surface area contributed by atoms with Crippen LogP contribution in [0.2, 0.25) is 5.02 Å². The van der Waals surface area contributed by atoms with Gasteiger partial charge in [-0.2, -0.15) is 0 Å². The topological polar surface area (TPSA) is 96.2 Å². The molecular weight excluding hydrogens is 474 g/mol. The zero-order valence-corrected chi connectivity index (χ0v) is 19.1. The van der Waals surface area contributed by atoms with Crippen LogP contribution in [0.15, 0.2) is 69.9 Å². The molecule has 4 aromatic rings. The summed E-state index contributed by atoms with van der Waals surface area (Å²) in [6, 6.07) is 17.2. The third-order valence-electron chi connectivity index (χ3n) is 6.07. The fraction of sp³-hybridized carbons (Fsp3) is 0.154. The van der Waals surface area contributed by atoms with Gasteiger partial charge in [-0.1, -0.05) is 23.7 Å². The highest BCUT2D eigenvalue weighted by Gasteiger charge is 2.45. The van der Waals surface area contributed by atoms with Crippen LogP contribution in [0.3, 0.4) is 0 Å². The number of para-hydroxylation sites is 1. The molecule has 0 unspecified atom stereocenters. The van der Waals surface area contributed by atoms with Gasteiger partial charge in [-0.05, 0) is 54.1 Å². The number of hydrogen-bond acceptors (Lipinski definition) is 7. The van der Waals surface area contributed by atoms with Crippen molar-refractivity contribution < 1.29 is 28.2 Å². The van der Waals surface area contributed by atoms with Gasteiger partial charge in [0.15, 0.2) is 17.6 Å². The summed E-state index contributed by atoms with van der Waals surface area (Å²) in [7, 11) is 1.51. The molecule has 3 aromatic carbocycles. The maximum absolute atomic E-state index is 13.5. The summed E-state index contributed by atoms with van der Waals surface area (Å²) in [5, 5.41) is 3.99. The Morgan fingerprint density at radius 2 is 1.86 bits per heavy atom. The first-order valence-electron chi connectivity index (χ1n) is 10.8. The van der Waals surface area contributed by atoms with E-state index in [1.807, 2.05) is 6.07 Å². The molecule has 1 aromatic heterocycles. The lowest BCUT2D eigenvalue weighted by molar-refractivity contribution is -0.122. The summed E-state index contributed by atoms with van der Waals surface area (Å²) < 4.78 is 28.4. The number of amides is 1. The first-order valence-corrected chi connectivity index (χ1v) is 11.2. The highest BCUT2D eigenvalue weighted by atomic mass is 35.5. The lowest BCUT2D eigenvalue weighted by atomic mass is 9.87. The number of nitrogens with one attached hydrogen (secondary N) is 1. The molecule has 0 saturated heterocycles. The molecule has 6 rings (SSSR count). The third-order valence-corrected chi connectivity index (χ3v) is 6.32. The van der Waals surface area contributed by atoms with Crippen LogP contribution in [0.5, 0.6) is 23.0 Å². The van der Waals surface area contributed by atoms with Crippen molar-refractivity contribution in [2.75, 3.05) is 19.2 Å². The average Bonchev–Trinajstić information content (AvgIpc) is 3.50. The smallest absolute Gasteiger partial charge is 0.344 e. The van der Waals surface area contributed by atoms with E-state index in [2.05, 4.69) is 5.32 Å². The quantitative estimate of drug-likeness (QED) is 0.413. The van der Waals surface area contributed by atoms with E-state index in [0.29, 0.717) is 50.2 Å². The average molecular weight is 492 g/mol. The zero-order chi connectivity index (χ0) is 24.1. The van der Waals surface area contributed by atoms with Gasteiger partial charge in [-0.3, -0.25) is 4.79 Å². The molecule has 2 atom stereocenters. The van der Waals surface area contributed by atoms with Crippen molar-refractivity contribution in [3.8, 4) is 23.0 Å². The molecule has 0 radical (unpaired) electrons. The van der Waals surface area contributed by atoms with Crippen LogP contribution in [-0.4, -0.2) is 25.9 Å². The van der Waals surface area contributed by atoms with Gasteiger partial charge in [0.1, 0.15) is 11.3 Å². The summed E-state index contributed by atoms with van der Waals surface area (Å²) in [4.78, 5) is 26.7. The second-order valence-electron chi connectivity index (χ2n) is 8.10. The number of anilines is 1. The standard InChI is InChI=1S/C26H18ClNO7/c1-31-18-10-13(11-19-23(18)33-12-32-19)20-21-22(16-4-2-3-5-17(16)34-26(21)30)35-24(20)25(29)28-15-8-6-14(27)7-9-15/h2-11,20,24H,12H2,1H3,(H,28,29)/t20-,24+/m0/s1. The SMILES string of the molecule is COc1cc([C@H]2c3c(c4ccccc4oc3=O)O[C@H]2C(=O)Nc2ccc(Cl)cc2)cc2c1OCO2. The van der Waals surface area contributed by atoms with E-state index >= 15 is 0 Å². The lowest BCUT2D eigenvalue weighted by Crippen LogP contribution is -2.35. The molecule has 8 nitrogen and oxygen atoms in total. The van der Waals surface area contributed by atoms with Crippen molar-refractivity contribution in [2.45, 2.75) is 12.0 Å². The molecular formula is C26H18ClNO7. The van der Waals surface area contributed by atoms with Gasteiger partial charge in [-0.25, -0.2) is 4.79 Å². The van der Waals surface area contributed by atoms with Crippen LogP contribution >= 0.6 is 11.6 Å². The van der Waals surface area contributed by atoms with Gasteiger partial charge in [0.05, 0.1) is 24.0 Å². The second-order valence-corrected chi connectivity index (χ2v) is 8.53. The minimum absolute atomic E-state index is 0.0418. The number of hydrogen-bond donors (Lipinski definition) is 1. The van der Waals surface area contributed by atoms with Crippen molar-refractivity contribution in [1.29, 1.82) is 0 Å². The molecule has 176 valence electrons. The zero-order valence-electron chi connectivity index (χ0n) is 18.4. The first-order chi connectivity index (χ1) is 17.0. The van der Waals surface area contributed by atoms with Crippen molar-refractivity contribution in [2.24, 2.45) is 0 Å². The number of rotatable bonds is 4. The van der Waals surface area contributed by atoms with E-state index in [9.17, 15) is 9.59 Å². The lowest BCUT2D eigenvalue weighted by Gasteiger charge is -2.20. The molecule has 0 spiro atoms. The third kappa shape index (κ3) is 3.54. The number of carbonyl (C=O) groups excluding carboxylic acids is 1. The van der Waals surface area contributed by atoms with Gasteiger partial charge in [0.25, 0.3) is 5.91 Å². The van der Waals surface area contributed by atoms with Crippen LogP contribution in [0.25, 0.3) is 11.0 Å². The molecule has 3 heterocycles. The summed E-state index contributed by atoms with van der Waals surface area (Å²) in [6.45, 7) is 0.0418. The summed E-state index contributed by atoms with van der Waals surface area (Å²) in [6.07, 6.45) is -1.07. The van der Waals surface area contributed by atoms with Crippen molar-refractivity contribution in [3.05, 3.63) is 87.2 Å². The number of halogens is 1. The van der Waals surface area contributed by atoms with Crippen molar-refractivity contribution in [1.82, 2.24) is 0 Å².